The van der Waals surface area contributed by atoms with Crippen LogP contribution in [0.4, 0.5) is 10.5 Å². The zero-order valence-corrected chi connectivity index (χ0v) is 12.5. The first-order chi connectivity index (χ1) is 9.33. The SMILES string of the molecule is CC(C)(C)OC(=O)N[C@H]1CCc2ccc(N)cc2CC1. The summed E-state index contributed by atoms with van der Waals surface area (Å²) < 4.78 is 5.31. The molecule has 1 amide bonds. The molecule has 1 aliphatic rings. The van der Waals surface area contributed by atoms with Crippen LogP contribution in [0.5, 0.6) is 0 Å². The first-order valence-electron chi connectivity index (χ1n) is 7.20. The molecule has 1 atom stereocenters. The van der Waals surface area contributed by atoms with Crippen molar-refractivity contribution in [3.05, 3.63) is 29.3 Å². The molecule has 0 spiro atoms. The summed E-state index contributed by atoms with van der Waals surface area (Å²) in [6, 6.07) is 6.25. The number of hydrogen-bond donors (Lipinski definition) is 2. The summed E-state index contributed by atoms with van der Waals surface area (Å²) in [6.07, 6.45) is 3.45. The highest BCUT2D eigenvalue weighted by atomic mass is 16.6. The summed E-state index contributed by atoms with van der Waals surface area (Å²) >= 11 is 0. The standard InChI is InChI=1S/C16H24N2O2/c1-16(2,3)20-15(19)18-14-8-5-11-4-7-13(17)10-12(11)6-9-14/h4,7,10,14H,5-6,8-9,17H2,1-3H3,(H,18,19)/t14-/m0/s1. The smallest absolute Gasteiger partial charge is 0.407 e. The van der Waals surface area contributed by atoms with Gasteiger partial charge >= 0.3 is 6.09 Å². The highest BCUT2D eigenvalue weighted by Crippen LogP contribution is 2.23. The largest absolute Gasteiger partial charge is 0.444 e. The van der Waals surface area contributed by atoms with Gasteiger partial charge in [0.15, 0.2) is 0 Å². The van der Waals surface area contributed by atoms with Crippen molar-refractivity contribution in [2.45, 2.75) is 58.1 Å². The minimum absolute atomic E-state index is 0.165. The summed E-state index contributed by atoms with van der Waals surface area (Å²) in [5.41, 5.74) is 8.83. The molecule has 0 saturated heterocycles. The molecule has 0 radical (unpaired) electrons. The molecule has 2 rings (SSSR count). The van der Waals surface area contributed by atoms with E-state index in [1.807, 2.05) is 32.9 Å². The van der Waals surface area contributed by atoms with E-state index in [2.05, 4.69) is 11.4 Å². The van der Waals surface area contributed by atoms with Crippen LogP contribution in [0.3, 0.4) is 0 Å². The molecule has 0 bridgehead atoms. The predicted octanol–water partition coefficient (Wildman–Crippen LogP) is 3.04. The van der Waals surface area contributed by atoms with Gasteiger partial charge in [0.25, 0.3) is 0 Å². The van der Waals surface area contributed by atoms with Crippen LogP contribution in [0.2, 0.25) is 0 Å². The molecule has 0 saturated carbocycles. The molecule has 110 valence electrons. The Kier molecular flexibility index (Phi) is 4.21. The fourth-order valence-electron chi connectivity index (χ4n) is 2.54. The molecule has 20 heavy (non-hydrogen) atoms. The summed E-state index contributed by atoms with van der Waals surface area (Å²) in [5.74, 6) is 0. The molecule has 0 unspecified atom stereocenters. The van der Waals surface area contributed by atoms with Crippen molar-refractivity contribution in [3.8, 4) is 0 Å². The number of benzene rings is 1. The molecule has 0 aromatic heterocycles. The zero-order chi connectivity index (χ0) is 14.8. The van der Waals surface area contributed by atoms with E-state index in [4.69, 9.17) is 10.5 Å². The summed E-state index contributed by atoms with van der Waals surface area (Å²) in [5, 5.41) is 2.97. The van der Waals surface area contributed by atoms with Gasteiger partial charge in [-0.1, -0.05) is 6.07 Å². The van der Waals surface area contributed by atoms with Gasteiger partial charge in [-0.2, -0.15) is 0 Å². The summed E-state index contributed by atoms with van der Waals surface area (Å²) in [4.78, 5) is 11.8. The Morgan fingerprint density at radius 3 is 2.55 bits per heavy atom. The number of carbonyl (C=O) groups excluding carboxylic acids is 1. The van der Waals surface area contributed by atoms with Crippen LogP contribution in [-0.2, 0) is 17.6 Å². The lowest BCUT2D eigenvalue weighted by Gasteiger charge is -2.22. The molecular weight excluding hydrogens is 252 g/mol. The van der Waals surface area contributed by atoms with Crippen LogP contribution in [0.15, 0.2) is 18.2 Å². The van der Waals surface area contributed by atoms with E-state index in [0.717, 1.165) is 31.4 Å². The van der Waals surface area contributed by atoms with Gasteiger partial charge in [0, 0.05) is 11.7 Å². The number of carbonyl (C=O) groups is 1. The van der Waals surface area contributed by atoms with Crippen molar-refractivity contribution in [1.82, 2.24) is 5.32 Å². The number of rotatable bonds is 1. The van der Waals surface area contributed by atoms with Gasteiger partial charge < -0.3 is 15.8 Å². The number of nitrogen functional groups attached to an aromatic ring is 1. The second-order valence-electron chi connectivity index (χ2n) is 6.45. The highest BCUT2D eigenvalue weighted by molar-refractivity contribution is 5.68. The number of ether oxygens (including phenoxy) is 1. The van der Waals surface area contributed by atoms with Crippen molar-refractivity contribution in [2.24, 2.45) is 0 Å². The maximum absolute atomic E-state index is 11.8. The van der Waals surface area contributed by atoms with Gasteiger partial charge in [-0.15, -0.1) is 0 Å². The molecule has 4 heteroatoms. The second-order valence-corrected chi connectivity index (χ2v) is 6.45. The van der Waals surface area contributed by atoms with E-state index in [0.29, 0.717) is 0 Å². The Bertz CT molecular complexity index is 492. The van der Waals surface area contributed by atoms with E-state index >= 15 is 0 Å². The normalized spacial score (nSPS) is 18.9. The number of hydrogen-bond acceptors (Lipinski definition) is 3. The van der Waals surface area contributed by atoms with Gasteiger partial charge in [0.05, 0.1) is 0 Å². The third kappa shape index (κ3) is 4.15. The summed E-state index contributed by atoms with van der Waals surface area (Å²) in [7, 11) is 0. The molecule has 0 aliphatic heterocycles. The van der Waals surface area contributed by atoms with Gasteiger partial charge in [-0.25, -0.2) is 4.79 Å². The molecule has 1 aliphatic carbocycles. The Morgan fingerprint density at radius 2 is 1.90 bits per heavy atom. The lowest BCUT2D eigenvalue weighted by atomic mass is 10.0. The lowest BCUT2D eigenvalue weighted by molar-refractivity contribution is 0.0500. The maximum Gasteiger partial charge on any atom is 0.407 e. The van der Waals surface area contributed by atoms with Gasteiger partial charge in [0.1, 0.15) is 5.60 Å². The molecular formula is C16H24N2O2. The van der Waals surface area contributed by atoms with Crippen molar-refractivity contribution in [3.63, 3.8) is 0 Å². The van der Waals surface area contributed by atoms with Crippen molar-refractivity contribution in [2.75, 3.05) is 5.73 Å². The van der Waals surface area contributed by atoms with Gasteiger partial charge in [-0.3, -0.25) is 0 Å². The Hall–Kier alpha value is -1.71. The fourth-order valence-corrected chi connectivity index (χ4v) is 2.54. The maximum atomic E-state index is 11.8. The van der Waals surface area contributed by atoms with Crippen LogP contribution in [0.1, 0.15) is 44.7 Å². The van der Waals surface area contributed by atoms with E-state index in [1.165, 1.54) is 11.1 Å². The first-order valence-corrected chi connectivity index (χ1v) is 7.20. The molecule has 3 N–H and O–H groups in total. The highest BCUT2D eigenvalue weighted by Gasteiger charge is 2.21. The Morgan fingerprint density at radius 1 is 1.25 bits per heavy atom. The predicted molar refractivity (Wildman–Crippen MR) is 80.7 cm³/mol. The molecule has 0 fully saturated rings. The van der Waals surface area contributed by atoms with Crippen LogP contribution in [-0.4, -0.2) is 17.7 Å². The topological polar surface area (TPSA) is 64.3 Å². The first kappa shape index (κ1) is 14.7. The lowest BCUT2D eigenvalue weighted by Crippen LogP contribution is -2.39. The van der Waals surface area contributed by atoms with Crippen LogP contribution in [0, 0.1) is 0 Å². The second kappa shape index (κ2) is 5.73. The quantitative estimate of drug-likeness (QED) is 0.612. The zero-order valence-electron chi connectivity index (χ0n) is 12.5. The van der Waals surface area contributed by atoms with Crippen LogP contribution >= 0.6 is 0 Å². The summed E-state index contributed by atoms with van der Waals surface area (Å²) in [6.45, 7) is 5.62. The van der Waals surface area contributed by atoms with Crippen LogP contribution < -0.4 is 11.1 Å². The molecule has 1 aromatic carbocycles. The number of amides is 1. The van der Waals surface area contributed by atoms with Gasteiger partial charge in [0.2, 0.25) is 0 Å². The monoisotopic (exact) mass is 276 g/mol. The van der Waals surface area contributed by atoms with Crippen LogP contribution in [0.25, 0.3) is 0 Å². The number of aryl methyl sites for hydroxylation is 2. The Balaban J connectivity index is 1.94. The van der Waals surface area contributed by atoms with Crippen molar-refractivity contribution in [1.29, 1.82) is 0 Å². The molecule has 0 heterocycles. The number of nitrogens with one attached hydrogen (secondary N) is 1. The van der Waals surface area contributed by atoms with Crippen molar-refractivity contribution >= 4 is 11.8 Å². The van der Waals surface area contributed by atoms with E-state index < -0.39 is 5.60 Å². The molecule has 1 aromatic rings. The number of nitrogens with two attached hydrogens (primary N) is 1. The fraction of sp³-hybridized carbons (Fsp3) is 0.562. The average molecular weight is 276 g/mol. The molecule has 4 nitrogen and oxygen atoms in total. The van der Waals surface area contributed by atoms with E-state index in [1.54, 1.807) is 0 Å². The van der Waals surface area contributed by atoms with E-state index in [9.17, 15) is 4.79 Å². The third-order valence-corrected chi connectivity index (χ3v) is 3.48. The van der Waals surface area contributed by atoms with Gasteiger partial charge in [-0.05, 0) is 69.7 Å². The third-order valence-electron chi connectivity index (χ3n) is 3.48. The minimum atomic E-state index is -0.452. The van der Waals surface area contributed by atoms with E-state index in [-0.39, 0.29) is 12.1 Å². The minimum Gasteiger partial charge on any atom is -0.444 e. The number of alkyl carbamates (subject to hydrolysis) is 1. The number of fused-ring (bicyclic) bond motifs is 1. The van der Waals surface area contributed by atoms with Crippen molar-refractivity contribution < 1.29 is 9.53 Å². The Labute approximate surface area is 120 Å². The average Bonchev–Trinajstić information content (AvgIpc) is 2.49. The number of anilines is 1.